The van der Waals surface area contributed by atoms with Gasteiger partial charge in [-0.2, -0.15) is 5.10 Å². The van der Waals surface area contributed by atoms with Crippen LogP contribution in [0, 0.1) is 6.92 Å². The SMILES string of the molecule is Cc1cc2n(-c3ccccc3)c(-c3ccccc3)c(-c3ccccc3)n2n1. The first-order chi connectivity index (χ1) is 13.3. The number of fused-ring (bicyclic) bond motifs is 1. The van der Waals surface area contributed by atoms with Crippen LogP contribution in [0.1, 0.15) is 5.69 Å². The second-order valence-corrected chi connectivity index (χ2v) is 6.66. The molecule has 3 aromatic carbocycles. The van der Waals surface area contributed by atoms with Crippen molar-refractivity contribution in [1.82, 2.24) is 14.2 Å². The third-order valence-corrected chi connectivity index (χ3v) is 4.81. The van der Waals surface area contributed by atoms with Crippen molar-refractivity contribution in [2.75, 3.05) is 0 Å². The minimum absolute atomic E-state index is 1.01. The molecule has 27 heavy (non-hydrogen) atoms. The van der Waals surface area contributed by atoms with E-state index in [1.165, 1.54) is 5.56 Å². The van der Waals surface area contributed by atoms with Crippen LogP contribution in [-0.4, -0.2) is 14.2 Å². The zero-order valence-electron chi connectivity index (χ0n) is 15.1. The van der Waals surface area contributed by atoms with E-state index in [1.54, 1.807) is 0 Å². The molecule has 5 aromatic rings. The molecule has 0 radical (unpaired) electrons. The van der Waals surface area contributed by atoms with Gasteiger partial charge in [-0.25, -0.2) is 4.52 Å². The van der Waals surface area contributed by atoms with Crippen LogP contribution in [0.15, 0.2) is 97.1 Å². The van der Waals surface area contributed by atoms with Crippen molar-refractivity contribution in [1.29, 1.82) is 0 Å². The van der Waals surface area contributed by atoms with Gasteiger partial charge in [0.15, 0.2) is 0 Å². The van der Waals surface area contributed by atoms with Gasteiger partial charge >= 0.3 is 0 Å². The highest BCUT2D eigenvalue weighted by Crippen LogP contribution is 2.37. The zero-order chi connectivity index (χ0) is 18.2. The fraction of sp³-hybridized carbons (Fsp3) is 0.0417. The summed E-state index contributed by atoms with van der Waals surface area (Å²) in [6, 6.07) is 33.7. The lowest BCUT2D eigenvalue weighted by atomic mass is 10.0. The Morgan fingerprint density at radius 3 is 1.74 bits per heavy atom. The van der Waals surface area contributed by atoms with E-state index in [1.807, 2.05) is 19.1 Å². The number of aromatic nitrogens is 3. The van der Waals surface area contributed by atoms with E-state index >= 15 is 0 Å². The molecule has 0 spiro atoms. The van der Waals surface area contributed by atoms with Gasteiger partial charge < -0.3 is 0 Å². The van der Waals surface area contributed by atoms with Crippen molar-refractivity contribution >= 4 is 5.65 Å². The normalized spacial score (nSPS) is 11.1. The molecule has 0 amide bonds. The van der Waals surface area contributed by atoms with Crippen LogP contribution in [0.25, 0.3) is 33.8 Å². The minimum Gasteiger partial charge on any atom is -0.292 e. The van der Waals surface area contributed by atoms with Crippen LogP contribution < -0.4 is 0 Å². The van der Waals surface area contributed by atoms with Crippen LogP contribution in [0.3, 0.4) is 0 Å². The van der Waals surface area contributed by atoms with Gasteiger partial charge in [-0.1, -0.05) is 78.9 Å². The summed E-state index contributed by atoms with van der Waals surface area (Å²) in [5.74, 6) is 0. The summed E-state index contributed by atoms with van der Waals surface area (Å²) < 4.78 is 4.37. The first-order valence-electron chi connectivity index (χ1n) is 9.10. The topological polar surface area (TPSA) is 22.2 Å². The fourth-order valence-corrected chi connectivity index (χ4v) is 3.69. The van der Waals surface area contributed by atoms with Crippen LogP contribution in [-0.2, 0) is 0 Å². The Hall–Kier alpha value is -3.59. The number of rotatable bonds is 3. The number of hydrogen-bond acceptors (Lipinski definition) is 1. The molecule has 3 heteroatoms. The molecule has 2 heterocycles. The Morgan fingerprint density at radius 1 is 0.630 bits per heavy atom. The lowest BCUT2D eigenvalue weighted by molar-refractivity contribution is 0.945. The Bertz CT molecular complexity index is 1130. The molecule has 0 bridgehead atoms. The highest BCUT2D eigenvalue weighted by atomic mass is 15.3. The van der Waals surface area contributed by atoms with E-state index in [2.05, 4.69) is 94.0 Å². The number of aryl methyl sites for hydroxylation is 1. The Morgan fingerprint density at radius 2 is 1.15 bits per heavy atom. The fourth-order valence-electron chi connectivity index (χ4n) is 3.69. The van der Waals surface area contributed by atoms with E-state index in [9.17, 15) is 0 Å². The average Bonchev–Trinajstić information content (AvgIpc) is 3.24. The molecular formula is C24H19N3. The van der Waals surface area contributed by atoms with Gasteiger partial charge in [0.1, 0.15) is 5.65 Å². The third kappa shape index (κ3) is 2.56. The summed E-state index contributed by atoms with van der Waals surface area (Å²) >= 11 is 0. The maximum Gasteiger partial charge on any atom is 0.141 e. The summed E-state index contributed by atoms with van der Waals surface area (Å²) in [6.45, 7) is 2.04. The second kappa shape index (κ2) is 6.29. The predicted molar refractivity (Wildman–Crippen MR) is 110 cm³/mol. The summed E-state index contributed by atoms with van der Waals surface area (Å²) in [6.07, 6.45) is 0. The minimum atomic E-state index is 1.01. The van der Waals surface area contributed by atoms with Crippen LogP contribution in [0.2, 0.25) is 0 Å². The van der Waals surface area contributed by atoms with Crippen molar-refractivity contribution in [3.8, 4) is 28.2 Å². The summed E-state index contributed by atoms with van der Waals surface area (Å²) in [5.41, 5.74) is 7.78. The Balaban J connectivity index is 1.96. The standard InChI is InChI=1S/C24H19N3/c1-18-17-22-26(21-15-9-4-10-16-21)23(19-11-5-2-6-12-19)24(27(22)25-18)20-13-7-3-8-14-20/h2-17H,1H3. The van der Waals surface area contributed by atoms with E-state index in [0.717, 1.165) is 34.0 Å². The molecule has 130 valence electrons. The summed E-state index contributed by atoms with van der Waals surface area (Å²) in [7, 11) is 0. The Labute approximate surface area is 158 Å². The number of hydrogen-bond donors (Lipinski definition) is 0. The van der Waals surface area contributed by atoms with Gasteiger partial charge in [0, 0.05) is 22.9 Å². The van der Waals surface area contributed by atoms with Crippen molar-refractivity contribution in [3.05, 3.63) is 103 Å². The number of para-hydroxylation sites is 1. The van der Waals surface area contributed by atoms with Crippen molar-refractivity contribution in [2.24, 2.45) is 0 Å². The van der Waals surface area contributed by atoms with Gasteiger partial charge in [-0.15, -0.1) is 0 Å². The molecule has 5 rings (SSSR count). The van der Waals surface area contributed by atoms with E-state index in [4.69, 9.17) is 5.10 Å². The van der Waals surface area contributed by atoms with Gasteiger partial charge in [0.2, 0.25) is 0 Å². The van der Waals surface area contributed by atoms with Gasteiger partial charge in [-0.3, -0.25) is 4.57 Å². The monoisotopic (exact) mass is 349 g/mol. The summed E-state index contributed by atoms with van der Waals surface area (Å²) in [4.78, 5) is 0. The highest BCUT2D eigenvalue weighted by Gasteiger charge is 2.22. The lowest BCUT2D eigenvalue weighted by Gasteiger charge is -2.12. The van der Waals surface area contributed by atoms with Crippen molar-refractivity contribution in [2.45, 2.75) is 6.92 Å². The van der Waals surface area contributed by atoms with Crippen molar-refractivity contribution < 1.29 is 0 Å². The maximum absolute atomic E-state index is 4.82. The first-order valence-corrected chi connectivity index (χ1v) is 9.10. The molecule has 3 nitrogen and oxygen atoms in total. The van der Waals surface area contributed by atoms with Crippen LogP contribution >= 0.6 is 0 Å². The summed E-state index contributed by atoms with van der Waals surface area (Å²) in [5, 5.41) is 4.82. The molecular weight excluding hydrogens is 330 g/mol. The average molecular weight is 349 g/mol. The number of benzene rings is 3. The van der Waals surface area contributed by atoms with Crippen LogP contribution in [0.5, 0.6) is 0 Å². The quantitative estimate of drug-likeness (QED) is 0.405. The molecule has 0 saturated carbocycles. The molecule has 0 N–H and O–H groups in total. The van der Waals surface area contributed by atoms with Gasteiger partial charge in [0.25, 0.3) is 0 Å². The molecule has 0 saturated heterocycles. The molecule has 0 atom stereocenters. The predicted octanol–water partition coefficient (Wildman–Crippen LogP) is 5.77. The van der Waals surface area contributed by atoms with Crippen LogP contribution in [0.4, 0.5) is 0 Å². The molecule has 0 aliphatic rings. The van der Waals surface area contributed by atoms with E-state index in [-0.39, 0.29) is 0 Å². The molecule has 0 aliphatic heterocycles. The Kier molecular flexibility index (Phi) is 3.65. The lowest BCUT2D eigenvalue weighted by Crippen LogP contribution is -1.97. The largest absolute Gasteiger partial charge is 0.292 e. The first kappa shape index (κ1) is 15.6. The number of nitrogens with zero attached hydrogens (tertiary/aromatic N) is 3. The van der Waals surface area contributed by atoms with Gasteiger partial charge in [0.05, 0.1) is 17.1 Å². The van der Waals surface area contributed by atoms with E-state index < -0.39 is 0 Å². The van der Waals surface area contributed by atoms with Crippen molar-refractivity contribution in [3.63, 3.8) is 0 Å². The van der Waals surface area contributed by atoms with Gasteiger partial charge in [-0.05, 0) is 19.1 Å². The number of imidazole rings is 1. The molecule has 2 aromatic heterocycles. The molecule has 0 unspecified atom stereocenters. The maximum atomic E-state index is 4.82. The van der Waals surface area contributed by atoms with E-state index in [0.29, 0.717) is 0 Å². The third-order valence-electron chi connectivity index (χ3n) is 4.81. The molecule has 0 fully saturated rings. The highest BCUT2D eigenvalue weighted by molar-refractivity contribution is 5.84. The smallest absolute Gasteiger partial charge is 0.141 e. The molecule has 0 aliphatic carbocycles. The zero-order valence-corrected chi connectivity index (χ0v) is 15.1. The second-order valence-electron chi connectivity index (χ2n) is 6.66.